The number of carbonyl (C=O) groups excluding carboxylic acids is 1. The molecule has 0 aromatic heterocycles. The highest BCUT2D eigenvalue weighted by Gasteiger charge is 2.07. The minimum Gasteiger partial charge on any atom is -0.394 e. The van der Waals surface area contributed by atoms with E-state index >= 15 is 0 Å². The standard InChI is InChI=1S/C12H15NO3/c1-2-9-3-5-10(6-4-9)12(16)13-7-11(15)8-14/h2-6,11,14-15H,1,7-8H2,(H,13,16). The molecule has 1 amide bonds. The zero-order valence-electron chi connectivity index (χ0n) is 8.89. The number of carbonyl (C=O) groups is 1. The van der Waals surface area contributed by atoms with Gasteiger partial charge in [-0.15, -0.1) is 0 Å². The average molecular weight is 221 g/mol. The highest BCUT2D eigenvalue weighted by atomic mass is 16.3. The van der Waals surface area contributed by atoms with Crippen molar-refractivity contribution < 1.29 is 15.0 Å². The monoisotopic (exact) mass is 221 g/mol. The zero-order chi connectivity index (χ0) is 12.0. The summed E-state index contributed by atoms with van der Waals surface area (Å²) in [4.78, 5) is 11.5. The molecule has 0 saturated carbocycles. The SMILES string of the molecule is C=Cc1ccc(C(=O)NCC(O)CO)cc1. The smallest absolute Gasteiger partial charge is 0.251 e. The predicted molar refractivity (Wildman–Crippen MR) is 62.0 cm³/mol. The number of benzene rings is 1. The molecule has 86 valence electrons. The van der Waals surface area contributed by atoms with E-state index in [1.165, 1.54) is 0 Å². The lowest BCUT2D eigenvalue weighted by Crippen LogP contribution is -2.33. The average Bonchev–Trinajstić information content (AvgIpc) is 2.35. The molecule has 1 aromatic rings. The first-order chi connectivity index (χ1) is 7.67. The Kier molecular flexibility index (Phi) is 4.69. The number of hydrogen-bond acceptors (Lipinski definition) is 3. The van der Waals surface area contributed by atoms with Crippen LogP contribution in [0.3, 0.4) is 0 Å². The Morgan fingerprint density at radius 1 is 1.44 bits per heavy atom. The molecule has 0 spiro atoms. The van der Waals surface area contributed by atoms with Gasteiger partial charge in [0.2, 0.25) is 0 Å². The van der Waals surface area contributed by atoms with E-state index in [4.69, 9.17) is 10.2 Å². The quantitative estimate of drug-likeness (QED) is 0.674. The molecule has 0 aliphatic heterocycles. The Hall–Kier alpha value is -1.65. The summed E-state index contributed by atoms with van der Waals surface area (Å²) in [6.07, 6.45) is 0.772. The number of rotatable bonds is 5. The lowest BCUT2D eigenvalue weighted by molar-refractivity contribution is 0.0802. The molecule has 1 aromatic carbocycles. The van der Waals surface area contributed by atoms with Crippen molar-refractivity contribution in [2.45, 2.75) is 6.10 Å². The van der Waals surface area contributed by atoms with Crippen molar-refractivity contribution in [3.63, 3.8) is 0 Å². The summed E-state index contributed by atoms with van der Waals surface area (Å²) in [7, 11) is 0. The van der Waals surface area contributed by atoms with Crippen LogP contribution in [0.15, 0.2) is 30.8 Å². The van der Waals surface area contributed by atoms with Gasteiger partial charge in [0.1, 0.15) is 0 Å². The van der Waals surface area contributed by atoms with E-state index in [1.807, 2.05) is 0 Å². The first-order valence-electron chi connectivity index (χ1n) is 4.97. The number of nitrogens with one attached hydrogen (secondary N) is 1. The molecule has 16 heavy (non-hydrogen) atoms. The highest BCUT2D eigenvalue weighted by molar-refractivity contribution is 5.94. The van der Waals surface area contributed by atoms with Crippen LogP contribution in [0.2, 0.25) is 0 Å². The van der Waals surface area contributed by atoms with Gasteiger partial charge in [-0.2, -0.15) is 0 Å². The van der Waals surface area contributed by atoms with Gasteiger partial charge in [0, 0.05) is 12.1 Å². The van der Waals surface area contributed by atoms with Gasteiger partial charge in [-0.25, -0.2) is 0 Å². The van der Waals surface area contributed by atoms with Crippen molar-refractivity contribution >= 4 is 12.0 Å². The van der Waals surface area contributed by atoms with Crippen molar-refractivity contribution in [2.24, 2.45) is 0 Å². The van der Waals surface area contributed by atoms with Crippen LogP contribution in [0, 0.1) is 0 Å². The molecule has 1 atom stereocenters. The fourth-order valence-corrected chi connectivity index (χ4v) is 1.15. The maximum absolute atomic E-state index is 11.5. The minimum absolute atomic E-state index is 0.0402. The molecule has 4 nitrogen and oxygen atoms in total. The Balaban J connectivity index is 2.56. The lowest BCUT2D eigenvalue weighted by Gasteiger charge is -2.08. The van der Waals surface area contributed by atoms with E-state index in [-0.39, 0.29) is 19.1 Å². The Labute approximate surface area is 94.2 Å². The molecule has 0 radical (unpaired) electrons. The molecule has 1 unspecified atom stereocenters. The molecule has 4 heteroatoms. The van der Waals surface area contributed by atoms with E-state index in [0.29, 0.717) is 5.56 Å². The maximum Gasteiger partial charge on any atom is 0.251 e. The van der Waals surface area contributed by atoms with Gasteiger partial charge in [0.25, 0.3) is 5.91 Å². The maximum atomic E-state index is 11.5. The first kappa shape index (κ1) is 12.4. The molecule has 0 bridgehead atoms. The van der Waals surface area contributed by atoms with E-state index < -0.39 is 6.10 Å². The van der Waals surface area contributed by atoms with Crippen molar-refractivity contribution in [3.05, 3.63) is 42.0 Å². The number of aliphatic hydroxyl groups excluding tert-OH is 2. The molecular weight excluding hydrogens is 206 g/mol. The summed E-state index contributed by atoms with van der Waals surface area (Å²) in [5, 5.41) is 20.1. The summed E-state index contributed by atoms with van der Waals surface area (Å²) < 4.78 is 0. The molecule has 3 N–H and O–H groups in total. The summed E-state index contributed by atoms with van der Waals surface area (Å²) in [5.41, 5.74) is 1.45. The van der Waals surface area contributed by atoms with Gasteiger partial charge in [-0.1, -0.05) is 24.8 Å². The Bertz CT molecular complexity index is 359. The first-order valence-corrected chi connectivity index (χ1v) is 4.97. The van der Waals surface area contributed by atoms with Crippen LogP contribution >= 0.6 is 0 Å². The fraction of sp³-hybridized carbons (Fsp3) is 0.250. The molecule has 1 rings (SSSR count). The second-order valence-corrected chi connectivity index (χ2v) is 3.37. The lowest BCUT2D eigenvalue weighted by atomic mass is 10.1. The summed E-state index contributed by atoms with van der Waals surface area (Å²) >= 11 is 0. The van der Waals surface area contributed by atoms with Crippen LogP contribution in [0.4, 0.5) is 0 Å². The molecule has 0 fully saturated rings. The van der Waals surface area contributed by atoms with Crippen molar-refractivity contribution in [3.8, 4) is 0 Å². The number of hydrogen-bond donors (Lipinski definition) is 3. The second kappa shape index (κ2) is 6.05. The summed E-state index contributed by atoms with van der Waals surface area (Å²) in [6, 6.07) is 6.92. The molecular formula is C12H15NO3. The van der Waals surface area contributed by atoms with Gasteiger partial charge in [-0.3, -0.25) is 4.79 Å². The zero-order valence-corrected chi connectivity index (χ0v) is 8.89. The third-order valence-electron chi connectivity index (χ3n) is 2.12. The highest BCUT2D eigenvalue weighted by Crippen LogP contribution is 2.05. The predicted octanol–water partition coefficient (Wildman–Crippen LogP) is 0.413. The molecule has 0 aliphatic carbocycles. The van der Waals surface area contributed by atoms with E-state index in [1.54, 1.807) is 30.3 Å². The molecule has 0 saturated heterocycles. The summed E-state index contributed by atoms with van der Waals surface area (Å²) in [5.74, 6) is -0.275. The normalized spacial score (nSPS) is 11.9. The van der Waals surface area contributed by atoms with Gasteiger partial charge >= 0.3 is 0 Å². The number of amides is 1. The van der Waals surface area contributed by atoms with Crippen LogP contribution in [-0.2, 0) is 0 Å². The van der Waals surface area contributed by atoms with Gasteiger partial charge in [0.05, 0.1) is 12.7 Å². The third kappa shape index (κ3) is 3.49. The summed E-state index contributed by atoms with van der Waals surface area (Å²) in [6.45, 7) is 3.29. The van der Waals surface area contributed by atoms with Crippen LogP contribution in [-0.4, -0.2) is 35.4 Å². The van der Waals surface area contributed by atoms with Crippen LogP contribution in [0.25, 0.3) is 6.08 Å². The third-order valence-corrected chi connectivity index (χ3v) is 2.12. The number of aliphatic hydroxyl groups is 2. The van der Waals surface area contributed by atoms with Gasteiger partial charge in [0.15, 0.2) is 0 Å². The van der Waals surface area contributed by atoms with Gasteiger partial charge in [-0.05, 0) is 17.7 Å². The second-order valence-electron chi connectivity index (χ2n) is 3.37. The Morgan fingerprint density at radius 3 is 2.56 bits per heavy atom. The van der Waals surface area contributed by atoms with Crippen molar-refractivity contribution in [1.29, 1.82) is 0 Å². The fourth-order valence-electron chi connectivity index (χ4n) is 1.15. The largest absolute Gasteiger partial charge is 0.394 e. The Morgan fingerprint density at radius 2 is 2.06 bits per heavy atom. The van der Waals surface area contributed by atoms with Gasteiger partial charge < -0.3 is 15.5 Å². The van der Waals surface area contributed by atoms with Crippen molar-refractivity contribution in [2.75, 3.05) is 13.2 Å². The minimum atomic E-state index is -0.920. The van der Waals surface area contributed by atoms with Crippen LogP contribution < -0.4 is 5.32 Å². The molecule has 0 aliphatic rings. The van der Waals surface area contributed by atoms with Crippen molar-refractivity contribution in [1.82, 2.24) is 5.32 Å². The van der Waals surface area contributed by atoms with E-state index in [0.717, 1.165) is 5.56 Å². The molecule has 0 heterocycles. The van der Waals surface area contributed by atoms with Crippen LogP contribution in [0.1, 0.15) is 15.9 Å². The topological polar surface area (TPSA) is 69.6 Å². The van der Waals surface area contributed by atoms with Crippen LogP contribution in [0.5, 0.6) is 0 Å². The van der Waals surface area contributed by atoms with E-state index in [2.05, 4.69) is 11.9 Å². The van der Waals surface area contributed by atoms with E-state index in [9.17, 15) is 4.79 Å².